The lowest BCUT2D eigenvalue weighted by Gasteiger charge is -2.09. The summed E-state index contributed by atoms with van der Waals surface area (Å²) in [5.41, 5.74) is -5.54. The molecule has 0 aliphatic rings. The molecular formula is C22H23F3N4O6S. The van der Waals surface area contributed by atoms with E-state index in [-0.39, 0.29) is 30.4 Å². The lowest BCUT2D eigenvalue weighted by Crippen LogP contribution is -2.25. The number of amides is 1. The molecule has 0 atom stereocenters. The molecule has 0 fully saturated rings. The Labute approximate surface area is 203 Å². The zero-order valence-corrected chi connectivity index (χ0v) is 20.1. The zero-order valence-electron chi connectivity index (χ0n) is 19.2. The number of alkyl halides is 3. The van der Waals surface area contributed by atoms with Crippen LogP contribution in [0.15, 0.2) is 52.3 Å². The van der Waals surface area contributed by atoms with Gasteiger partial charge in [-0.1, -0.05) is 13.3 Å². The number of aromatic nitrogens is 3. The Morgan fingerprint density at radius 1 is 1.19 bits per heavy atom. The van der Waals surface area contributed by atoms with E-state index in [0.29, 0.717) is 24.1 Å². The largest absolute Gasteiger partial charge is 0.501 e. The van der Waals surface area contributed by atoms with Crippen molar-refractivity contribution in [1.29, 1.82) is 0 Å². The standard InChI is InChI=1S/C22H23F3N4O6S/c1-3-4-11-35-20(31)27-18-12-15(9-10-26-18)13-28-14(2)19(30)29(21(28)32)16-5-7-17(8-6-16)36(33,34)22(23,24)25/h5-10,12,30H,3-4,11,13H2,1-2H3,(H,26,27,31). The average molecular weight is 529 g/mol. The number of unbranched alkanes of at least 4 members (excludes halogenated alkanes) is 1. The second-order valence-corrected chi connectivity index (χ2v) is 9.66. The first-order valence-electron chi connectivity index (χ1n) is 10.7. The molecule has 0 saturated heterocycles. The predicted molar refractivity (Wildman–Crippen MR) is 123 cm³/mol. The minimum Gasteiger partial charge on any atom is -0.493 e. The van der Waals surface area contributed by atoms with E-state index in [4.69, 9.17) is 4.74 Å². The summed E-state index contributed by atoms with van der Waals surface area (Å²) in [6, 6.07) is 6.49. The number of nitrogens with zero attached hydrogens (tertiary/aromatic N) is 3. The maximum atomic E-state index is 13.0. The van der Waals surface area contributed by atoms with Gasteiger partial charge in [0.2, 0.25) is 5.88 Å². The lowest BCUT2D eigenvalue weighted by atomic mass is 10.2. The fourth-order valence-electron chi connectivity index (χ4n) is 3.24. The van der Waals surface area contributed by atoms with E-state index in [2.05, 4.69) is 10.3 Å². The molecule has 194 valence electrons. The van der Waals surface area contributed by atoms with Crippen LogP contribution in [0, 0.1) is 6.92 Å². The molecule has 10 nitrogen and oxygen atoms in total. The third-order valence-electron chi connectivity index (χ3n) is 5.20. The van der Waals surface area contributed by atoms with E-state index in [1.807, 2.05) is 6.92 Å². The monoisotopic (exact) mass is 528 g/mol. The molecule has 14 heteroatoms. The van der Waals surface area contributed by atoms with Crippen molar-refractivity contribution in [2.24, 2.45) is 0 Å². The normalized spacial score (nSPS) is 11.9. The molecule has 0 spiro atoms. The molecule has 36 heavy (non-hydrogen) atoms. The molecule has 0 aliphatic carbocycles. The maximum absolute atomic E-state index is 13.0. The van der Waals surface area contributed by atoms with Gasteiger partial charge in [0, 0.05) is 6.20 Å². The smallest absolute Gasteiger partial charge is 0.493 e. The molecule has 0 aliphatic heterocycles. The van der Waals surface area contributed by atoms with Crippen molar-refractivity contribution in [3.05, 3.63) is 64.3 Å². The van der Waals surface area contributed by atoms with Crippen LogP contribution >= 0.6 is 0 Å². The van der Waals surface area contributed by atoms with Crippen LogP contribution in [0.3, 0.4) is 0 Å². The highest BCUT2D eigenvalue weighted by molar-refractivity contribution is 7.92. The molecule has 2 N–H and O–H groups in total. The molecule has 0 saturated carbocycles. The summed E-state index contributed by atoms with van der Waals surface area (Å²) in [4.78, 5) is 27.9. The fourth-order valence-corrected chi connectivity index (χ4v) is 4.00. The number of imidazole rings is 1. The SMILES string of the molecule is CCCCOC(=O)Nc1cc(Cn2c(C)c(O)n(-c3ccc(S(=O)(=O)C(F)(F)F)cc3)c2=O)ccn1. The first-order valence-corrected chi connectivity index (χ1v) is 12.2. The Kier molecular flexibility index (Phi) is 7.77. The summed E-state index contributed by atoms with van der Waals surface area (Å²) in [6.45, 7) is 3.64. The molecule has 0 radical (unpaired) electrons. The number of aromatic hydroxyl groups is 1. The maximum Gasteiger partial charge on any atom is 0.501 e. The zero-order chi connectivity index (χ0) is 26.7. The number of carbonyl (C=O) groups is 1. The number of carbonyl (C=O) groups excluding carboxylic acids is 1. The summed E-state index contributed by atoms with van der Waals surface area (Å²) >= 11 is 0. The van der Waals surface area contributed by atoms with E-state index >= 15 is 0 Å². The first kappa shape index (κ1) is 26.8. The molecule has 2 heterocycles. The van der Waals surface area contributed by atoms with E-state index in [1.54, 1.807) is 6.07 Å². The van der Waals surface area contributed by atoms with Gasteiger partial charge in [-0.2, -0.15) is 13.2 Å². The number of halogens is 3. The topological polar surface area (TPSA) is 133 Å². The van der Waals surface area contributed by atoms with Crippen molar-refractivity contribution in [3.63, 3.8) is 0 Å². The summed E-state index contributed by atoms with van der Waals surface area (Å²) in [6.07, 6.45) is 2.30. The average Bonchev–Trinajstić information content (AvgIpc) is 3.02. The van der Waals surface area contributed by atoms with Gasteiger partial charge in [0.15, 0.2) is 0 Å². The molecule has 3 aromatic rings. The van der Waals surface area contributed by atoms with Crippen molar-refractivity contribution in [2.75, 3.05) is 11.9 Å². The van der Waals surface area contributed by atoms with Gasteiger partial charge in [-0.25, -0.2) is 27.6 Å². The van der Waals surface area contributed by atoms with Gasteiger partial charge in [-0.05, 0) is 55.3 Å². The van der Waals surface area contributed by atoms with Gasteiger partial charge in [0.05, 0.1) is 29.4 Å². The minimum atomic E-state index is -5.56. The summed E-state index contributed by atoms with van der Waals surface area (Å²) in [7, 11) is -5.56. The highest BCUT2D eigenvalue weighted by Gasteiger charge is 2.46. The van der Waals surface area contributed by atoms with Gasteiger partial charge in [0.25, 0.3) is 9.84 Å². The molecule has 0 bridgehead atoms. The number of nitrogens with one attached hydrogen (secondary N) is 1. The lowest BCUT2D eigenvalue weighted by molar-refractivity contribution is -0.0436. The number of sulfone groups is 1. The van der Waals surface area contributed by atoms with Crippen LogP contribution in [-0.4, -0.2) is 45.9 Å². The molecule has 1 aromatic carbocycles. The van der Waals surface area contributed by atoms with Crippen molar-refractivity contribution >= 4 is 21.7 Å². The van der Waals surface area contributed by atoms with Gasteiger partial charge in [-0.15, -0.1) is 0 Å². The highest BCUT2D eigenvalue weighted by atomic mass is 32.2. The predicted octanol–water partition coefficient (Wildman–Crippen LogP) is 3.74. The third-order valence-corrected chi connectivity index (χ3v) is 6.70. The second-order valence-electron chi connectivity index (χ2n) is 7.72. The Morgan fingerprint density at radius 2 is 1.86 bits per heavy atom. The van der Waals surface area contributed by atoms with Crippen molar-refractivity contribution < 1.29 is 36.2 Å². The van der Waals surface area contributed by atoms with E-state index in [0.717, 1.165) is 23.1 Å². The van der Waals surface area contributed by atoms with Crippen LogP contribution < -0.4 is 11.0 Å². The van der Waals surface area contributed by atoms with Crippen molar-refractivity contribution in [1.82, 2.24) is 14.1 Å². The number of anilines is 1. The molecule has 0 unspecified atom stereocenters. The van der Waals surface area contributed by atoms with Crippen molar-refractivity contribution in [3.8, 4) is 11.6 Å². The molecule has 2 aromatic heterocycles. The number of pyridine rings is 1. The van der Waals surface area contributed by atoms with Gasteiger partial charge in [-0.3, -0.25) is 9.88 Å². The molecule has 1 amide bonds. The quantitative estimate of drug-likeness (QED) is 0.426. The van der Waals surface area contributed by atoms with Gasteiger partial charge < -0.3 is 9.84 Å². The number of benzene rings is 1. The summed E-state index contributed by atoms with van der Waals surface area (Å²) in [5.74, 6) is -0.289. The van der Waals surface area contributed by atoms with Crippen LogP contribution in [0.1, 0.15) is 31.0 Å². The molecule has 3 rings (SSSR count). The van der Waals surface area contributed by atoms with Gasteiger partial charge >= 0.3 is 17.3 Å². The third kappa shape index (κ3) is 5.53. The van der Waals surface area contributed by atoms with E-state index < -0.39 is 37.9 Å². The van der Waals surface area contributed by atoms with Crippen molar-refractivity contribution in [2.45, 2.75) is 43.6 Å². The van der Waals surface area contributed by atoms with Crippen LogP contribution in [0.4, 0.5) is 23.8 Å². The Bertz CT molecular complexity index is 1410. The number of ether oxygens (including phenoxy) is 1. The number of hydrogen-bond donors (Lipinski definition) is 2. The Balaban J connectivity index is 1.86. The van der Waals surface area contributed by atoms with Crippen LogP contribution in [0.5, 0.6) is 5.88 Å². The van der Waals surface area contributed by atoms with Crippen LogP contribution in [0.2, 0.25) is 0 Å². The summed E-state index contributed by atoms with van der Waals surface area (Å²) < 4.78 is 68.5. The summed E-state index contributed by atoms with van der Waals surface area (Å²) in [5, 5.41) is 13.0. The first-order chi connectivity index (χ1) is 16.9. The second kappa shape index (κ2) is 10.4. The molecular weight excluding hydrogens is 505 g/mol. The Hall–Kier alpha value is -3.81. The number of rotatable bonds is 8. The highest BCUT2D eigenvalue weighted by Crippen LogP contribution is 2.31. The number of hydrogen-bond acceptors (Lipinski definition) is 7. The van der Waals surface area contributed by atoms with Crippen LogP contribution in [-0.2, 0) is 21.1 Å². The van der Waals surface area contributed by atoms with E-state index in [9.17, 15) is 36.3 Å². The Morgan fingerprint density at radius 3 is 2.47 bits per heavy atom. The van der Waals surface area contributed by atoms with Gasteiger partial charge in [0.1, 0.15) is 5.82 Å². The van der Waals surface area contributed by atoms with Crippen LogP contribution in [0.25, 0.3) is 5.69 Å². The fraction of sp³-hybridized carbons (Fsp3) is 0.318. The van der Waals surface area contributed by atoms with E-state index in [1.165, 1.54) is 23.8 Å². The minimum absolute atomic E-state index is 0.0339.